The van der Waals surface area contributed by atoms with Crippen molar-refractivity contribution in [2.75, 3.05) is 12.3 Å². The van der Waals surface area contributed by atoms with Gasteiger partial charge in [0.2, 0.25) is 0 Å². The molecule has 1 aromatic heterocycles. The molecular weight excluding hydrogens is 192 g/mol. The first-order valence-electron chi connectivity index (χ1n) is 5.30. The molecule has 0 unspecified atom stereocenters. The molecule has 84 valence electrons. The third kappa shape index (κ3) is 2.71. The zero-order chi connectivity index (χ0) is 11.3. The molecule has 3 N–H and O–H groups in total. The molecule has 0 aliphatic carbocycles. The molecule has 1 aromatic rings. The fourth-order valence-corrected chi connectivity index (χ4v) is 1.35. The van der Waals surface area contributed by atoms with Crippen molar-refractivity contribution in [3.8, 4) is 0 Å². The molecule has 1 amide bonds. The zero-order valence-corrected chi connectivity index (χ0v) is 9.29. The molecule has 0 aliphatic heterocycles. The van der Waals surface area contributed by atoms with Crippen molar-refractivity contribution in [1.29, 1.82) is 0 Å². The normalized spacial score (nSPS) is 10.3. The van der Waals surface area contributed by atoms with Crippen LogP contribution in [0, 0.1) is 0 Å². The van der Waals surface area contributed by atoms with Gasteiger partial charge in [0, 0.05) is 13.1 Å². The molecule has 15 heavy (non-hydrogen) atoms. The molecule has 1 heterocycles. The number of rotatable bonds is 5. The Bertz CT molecular complexity index is 332. The van der Waals surface area contributed by atoms with E-state index in [-0.39, 0.29) is 5.91 Å². The van der Waals surface area contributed by atoms with Crippen LogP contribution in [0.4, 0.5) is 5.69 Å². The average molecular weight is 210 g/mol. The van der Waals surface area contributed by atoms with Crippen LogP contribution >= 0.6 is 0 Å². The van der Waals surface area contributed by atoms with E-state index in [9.17, 15) is 4.79 Å². The van der Waals surface area contributed by atoms with Crippen LogP contribution in [0.1, 0.15) is 37.2 Å². The van der Waals surface area contributed by atoms with E-state index in [1.807, 2.05) is 13.8 Å². The summed E-state index contributed by atoms with van der Waals surface area (Å²) in [6.45, 7) is 5.42. The zero-order valence-electron chi connectivity index (χ0n) is 9.29. The molecule has 0 bridgehead atoms. The number of nitrogens with zero attached hydrogens (tertiary/aromatic N) is 2. The fraction of sp³-hybridized carbons (Fsp3) is 0.600. The summed E-state index contributed by atoms with van der Waals surface area (Å²) >= 11 is 0. The summed E-state index contributed by atoms with van der Waals surface area (Å²) in [6.07, 6.45) is 3.36. The Kier molecular flexibility index (Phi) is 4.15. The van der Waals surface area contributed by atoms with E-state index in [0.717, 1.165) is 12.8 Å². The van der Waals surface area contributed by atoms with E-state index in [0.29, 0.717) is 24.5 Å². The summed E-state index contributed by atoms with van der Waals surface area (Å²) in [6, 6.07) is 0. The minimum atomic E-state index is -0.139. The van der Waals surface area contributed by atoms with E-state index in [1.165, 1.54) is 6.20 Å². The molecular formula is C10H18N4O. The van der Waals surface area contributed by atoms with Gasteiger partial charge in [-0.2, -0.15) is 5.10 Å². The second-order valence-electron chi connectivity index (χ2n) is 3.43. The minimum Gasteiger partial charge on any atom is -0.396 e. The maximum atomic E-state index is 11.7. The van der Waals surface area contributed by atoms with Gasteiger partial charge in [-0.05, 0) is 12.8 Å². The van der Waals surface area contributed by atoms with Gasteiger partial charge in [-0.3, -0.25) is 9.48 Å². The van der Waals surface area contributed by atoms with Crippen molar-refractivity contribution < 1.29 is 4.79 Å². The number of nitrogen functional groups attached to an aromatic ring is 1. The number of aromatic nitrogens is 2. The first-order valence-corrected chi connectivity index (χ1v) is 5.30. The predicted octanol–water partition coefficient (Wildman–Crippen LogP) is 1.02. The van der Waals surface area contributed by atoms with Crippen LogP contribution in [0.3, 0.4) is 0 Å². The Morgan fingerprint density at radius 1 is 1.53 bits per heavy atom. The predicted molar refractivity (Wildman–Crippen MR) is 59.6 cm³/mol. The van der Waals surface area contributed by atoms with Crippen LogP contribution in [0.5, 0.6) is 0 Å². The van der Waals surface area contributed by atoms with Gasteiger partial charge >= 0.3 is 0 Å². The number of carbonyl (C=O) groups is 1. The van der Waals surface area contributed by atoms with Crippen LogP contribution in [0.2, 0.25) is 0 Å². The van der Waals surface area contributed by atoms with Crippen molar-refractivity contribution in [3.63, 3.8) is 0 Å². The summed E-state index contributed by atoms with van der Waals surface area (Å²) in [5.74, 6) is -0.139. The first kappa shape index (κ1) is 11.6. The summed E-state index contributed by atoms with van der Waals surface area (Å²) in [5.41, 5.74) is 6.62. The molecule has 5 nitrogen and oxygen atoms in total. The average Bonchev–Trinajstić information content (AvgIpc) is 2.57. The summed E-state index contributed by atoms with van der Waals surface area (Å²) in [7, 11) is 0. The summed E-state index contributed by atoms with van der Waals surface area (Å²) in [5, 5.41) is 6.86. The Hall–Kier alpha value is -1.52. The number of hydrogen-bond donors (Lipinski definition) is 2. The number of aryl methyl sites for hydroxylation is 1. The topological polar surface area (TPSA) is 72.9 Å². The quantitative estimate of drug-likeness (QED) is 0.762. The van der Waals surface area contributed by atoms with Crippen molar-refractivity contribution >= 4 is 11.6 Å². The van der Waals surface area contributed by atoms with Gasteiger partial charge in [0.15, 0.2) is 0 Å². The lowest BCUT2D eigenvalue weighted by Crippen LogP contribution is -2.27. The van der Waals surface area contributed by atoms with Gasteiger partial charge in [0.05, 0.1) is 11.9 Å². The third-order valence-corrected chi connectivity index (χ3v) is 2.05. The molecule has 5 heteroatoms. The lowest BCUT2D eigenvalue weighted by Gasteiger charge is -2.07. The van der Waals surface area contributed by atoms with Gasteiger partial charge in [-0.15, -0.1) is 0 Å². The molecule has 1 rings (SSSR count). The Morgan fingerprint density at radius 3 is 2.87 bits per heavy atom. The van der Waals surface area contributed by atoms with Gasteiger partial charge in [0.25, 0.3) is 5.91 Å². The monoisotopic (exact) mass is 210 g/mol. The second-order valence-corrected chi connectivity index (χ2v) is 3.43. The lowest BCUT2D eigenvalue weighted by molar-refractivity contribution is 0.0943. The minimum absolute atomic E-state index is 0.139. The fourth-order valence-electron chi connectivity index (χ4n) is 1.35. The number of hydrogen-bond acceptors (Lipinski definition) is 3. The Balaban J connectivity index is 2.80. The Morgan fingerprint density at radius 2 is 2.27 bits per heavy atom. The van der Waals surface area contributed by atoms with E-state index in [1.54, 1.807) is 4.68 Å². The third-order valence-electron chi connectivity index (χ3n) is 2.05. The van der Waals surface area contributed by atoms with E-state index in [4.69, 9.17) is 5.73 Å². The molecule has 0 aliphatic rings. The Labute approximate surface area is 89.6 Å². The van der Waals surface area contributed by atoms with Crippen molar-refractivity contribution in [2.24, 2.45) is 0 Å². The summed E-state index contributed by atoms with van der Waals surface area (Å²) < 4.78 is 1.65. The standard InChI is InChI=1S/C10H18N4O/c1-3-5-12-10(15)9-8(11)7-13-14(9)6-4-2/h7H,3-6,11H2,1-2H3,(H,12,15). The van der Waals surface area contributed by atoms with E-state index in [2.05, 4.69) is 10.4 Å². The molecule has 0 saturated carbocycles. The van der Waals surface area contributed by atoms with Crippen LogP contribution in [-0.4, -0.2) is 22.2 Å². The van der Waals surface area contributed by atoms with Crippen LogP contribution in [0.25, 0.3) is 0 Å². The molecule has 0 atom stereocenters. The van der Waals surface area contributed by atoms with Gasteiger partial charge in [-0.25, -0.2) is 0 Å². The van der Waals surface area contributed by atoms with E-state index >= 15 is 0 Å². The summed E-state index contributed by atoms with van der Waals surface area (Å²) in [4.78, 5) is 11.7. The highest BCUT2D eigenvalue weighted by Gasteiger charge is 2.15. The maximum Gasteiger partial charge on any atom is 0.271 e. The molecule has 0 radical (unpaired) electrons. The molecule has 0 spiro atoms. The lowest BCUT2D eigenvalue weighted by atomic mass is 10.3. The van der Waals surface area contributed by atoms with Crippen molar-refractivity contribution in [3.05, 3.63) is 11.9 Å². The van der Waals surface area contributed by atoms with Gasteiger partial charge < -0.3 is 11.1 Å². The number of carbonyl (C=O) groups excluding carboxylic acids is 1. The molecule has 0 aromatic carbocycles. The highest BCUT2D eigenvalue weighted by molar-refractivity contribution is 5.97. The first-order chi connectivity index (χ1) is 7.20. The van der Waals surface area contributed by atoms with Crippen LogP contribution in [0.15, 0.2) is 6.20 Å². The number of anilines is 1. The van der Waals surface area contributed by atoms with Crippen molar-refractivity contribution in [1.82, 2.24) is 15.1 Å². The van der Waals surface area contributed by atoms with Gasteiger partial charge in [-0.1, -0.05) is 13.8 Å². The number of amides is 1. The number of nitrogens with one attached hydrogen (secondary N) is 1. The highest BCUT2D eigenvalue weighted by Crippen LogP contribution is 2.10. The van der Waals surface area contributed by atoms with Crippen molar-refractivity contribution in [2.45, 2.75) is 33.2 Å². The molecule has 0 saturated heterocycles. The molecule has 0 fully saturated rings. The van der Waals surface area contributed by atoms with Gasteiger partial charge in [0.1, 0.15) is 5.69 Å². The van der Waals surface area contributed by atoms with E-state index < -0.39 is 0 Å². The van der Waals surface area contributed by atoms with Crippen LogP contribution in [-0.2, 0) is 6.54 Å². The van der Waals surface area contributed by atoms with Crippen LogP contribution < -0.4 is 11.1 Å². The second kappa shape index (κ2) is 5.38. The largest absolute Gasteiger partial charge is 0.396 e. The smallest absolute Gasteiger partial charge is 0.271 e. The maximum absolute atomic E-state index is 11.7. The SMILES string of the molecule is CCCNC(=O)c1c(N)cnn1CCC. The highest BCUT2D eigenvalue weighted by atomic mass is 16.2. The number of nitrogens with two attached hydrogens (primary N) is 1.